The van der Waals surface area contributed by atoms with Crippen LogP contribution < -0.4 is 10.0 Å². The molecule has 0 radical (unpaired) electrons. The third kappa shape index (κ3) is 3.55. The van der Waals surface area contributed by atoms with E-state index in [1.807, 2.05) is 6.92 Å². The summed E-state index contributed by atoms with van der Waals surface area (Å²) in [5.41, 5.74) is -0.430. The molecule has 0 aromatic heterocycles. The molecule has 0 saturated carbocycles. The lowest BCUT2D eigenvalue weighted by molar-refractivity contribution is 0.0600. The number of esters is 1. The van der Waals surface area contributed by atoms with Crippen molar-refractivity contribution >= 4 is 27.6 Å². The molecule has 1 aliphatic rings. The minimum atomic E-state index is -3.83. The zero-order valence-electron chi connectivity index (χ0n) is 11.8. The molecule has 1 fully saturated rings. The van der Waals surface area contributed by atoms with Gasteiger partial charge in [-0.25, -0.2) is 17.9 Å². The summed E-state index contributed by atoms with van der Waals surface area (Å²) >= 11 is 5.97. The Kier molecular flexibility index (Phi) is 4.57. The number of carbonyl (C=O) groups is 1. The molecule has 1 heterocycles. The minimum absolute atomic E-state index is 0.0599. The molecule has 1 aliphatic heterocycles. The zero-order chi connectivity index (χ0) is 15.7. The van der Waals surface area contributed by atoms with Gasteiger partial charge in [0, 0.05) is 12.1 Å². The monoisotopic (exact) mass is 332 g/mol. The molecule has 0 bridgehead atoms. The number of hydrogen-bond donors (Lipinski definition) is 2. The number of halogens is 1. The predicted octanol–water partition coefficient (Wildman–Crippen LogP) is 1.16. The number of sulfonamides is 1. The van der Waals surface area contributed by atoms with E-state index in [2.05, 4.69) is 14.8 Å². The van der Waals surface area contributed by atoms with Crippen LogP contribution >= 0.6 is 11.6 Å². The van der Waals surface area contributed by atoms with Crippen LogP contribution in [0, 0.1) is 0 Å². The molecule has 8 heteroatoms. The van der Waals surface area contributed by atoms with Crippen molar-refractivity contribution in [3.05, 3.63) is 28.8 Å². The fourth-order valence-corrected chi connectivity index (χ4v) is 4.20. The van der Waals surface area contributed by atoms with Crippen molar-refractivity contribution in [2.24, 2.45) is 0 Å². The Hall–Kier alpha value is -1.15. The Morgan fingerprint density at radius 2 is 2.19 bits per heavy atom. The summed E-state index contributed by atoms with van der Waals surface area (Å²) < 4.78 is 32.2. The highest BCUT2D eigenvalue weighted by Crippen LogP contribution is 2.25. The molecule has 2 rings (SSSR count). The van der Waals surface area contributed by atoms with Gasteiger partial charge >= 0.3 is 5.97 Å². The van der Waals surface area contributed by atoms with Crippen molar-refractivity contribution < 1.29 is 17.9 Å². The van der Waals surface area contributed by atoms with Gasteiger partial charge in [-0.1, -0.05) is 11.6 Å². The minimum Gasteiger partial charge on any atom is -0.465 e. The molecule has 1 atom stereocenters. The van der Waals surface area contributed by atoms with E-state index in [0.29, 0.717) is 13.0 Å². The van der Waals surface area contributed by atoms with Crippen LogP contribution in [0.2, 0.25) is 5.02 Å². The van der Waals surface area contributed by atoms with Gasteiger partial charge in [0.2, 0.25) is 10.0 Å². The molecule has 1 aromatic carbocycles. The number of hydrogen-bond acceptors (Lipinski definition) is 5. The van der Waals surface area contributed by atoms with Crippen molar-refractivity contribution in [3.63, 3.8) is 0 Å². The summed E-state index contributed by atoms with van der Waals surface area (Å²) in [6.45, 7) is 3.11. The number of benzene rings is 1. The SMILES string of the molecule is COC(=O)c1ccc(Cl)c(S(=O)(=O)NC2(C)CCNC2)c1. The van der Waals surface area contributed by atoms with Crippen LogP contribution in [-0.2, 0) is 14.8 Å². The average Bonchev–Trinajstić information content (AvgIpc) is 2.83. The molecular formula is C13H17ClN2O4S. The molecule has 1 unspecified atom stereocenters. The standard InChI is InChI=1S/C13H17ClN2O4S/c1-13(5-6-15-8-13)16-21(18,19)11-7-9(12(17)20-2)3-4-10(11)14/h3-4,7,15-16H,5-6,8H2,1-2H3. The zero-order valence-corrected chi connectivity index (χ0v) is 13.3. The van der Waals surface area contributed by atoms with E-state index in [4.69, 9.17) is 11.6 Å². The van der Waals surface area contributed by atoms with Gasteiger partial charge in [-0.3, -0.25) is 0 Å². The van der Waals surface area contributed by atoms with E-state index in [9.17, 15) is 13.2 Å². The normalized spacial score (nSPS) is 22.2. The summed E-state index contributed by atoms with van der Waals surface area (Å²) in [6.07, 6.45) is 0.681. The molecule has 21 heavy (non-hydrogen) atoms. The van der Waals surface area contributed by atoms with Gasteiger partial charge in [0.1, 0.15) is 4.90 Å². The molecule has 0 spiro atoms. The van der Waals surface area contributed by atoms with Crippen molar-refractivity contribution in [2.45, 2.75) is 23.8 Å². The highest BCUT2D eigenvalue weighted by atomic mass is 35.5. The lowest BCUT2D eigenvalue weighted by atomic mass is 10.0. The second-order valence-corrected chi connectivity index (χ2v) is 7.29. The first kappa shape index (κ1) is 16.2. The van der Waals surface area contributed by atoms with E-state index in [1.54, 1.807) is 0 Å². The molecule has 1 saturated heterocycles. The molecule has 1 aromatic rings. The quantitative estimate of drug-likeness (QED) is 0.808. The van der Waals surface area contributed by atoms with E-state index >= 15 is 0 Å². The fraction of sp³-hybridized carbons (Fsp3) is 0.462. The van der Waals surface area contributed by atoms with Crippen LogP contribution in [0.5, 0.6) is 0 Å². The average molecular weight is 333 g/mol. The van der Waals surface area contributed by atoms with E-state index in [-0.39, 0.29) is 15.5 Å². The second kappa shape index (κ2) is 5.92. The van der Waals surface area contributed by atoms with Crippen LogP contribution in [0.25, 0.3) is 0 Å². The van der Waals surface area contributed by atoms with Crippen molar-refractivity contribution in [1.82, 2.24) is 10.0 Å². The lowest BCUT2D eigenvalue weighted by Crippen LogP contribution is -2.47. The molecule has 116 valence electrons. The summed E-state index contributed by atoms with van der Waals surface area (Å²) in [5.74, 6) is -0.614. The number of nitrogens with one attached hydrogen (secondary N) is 2. The van der Waals surface area contributed by atoms with Gasteiger partial charge in [0.15, 0.2) is 0 Å². The molecular weight excluding hydrogens is 316 g/mol. The van der Waals surface area contributed by atoms with Gasteiger partial charge in [-0.05, 0) is 38.1 Å². The Labute approximate surface area is 128 Å². The van der Waals surface area contributed by atoms with Crippen LogP contribution in [-0.4, -0.2) is 40.1 Å². The predicted molar refractivity (Wildman–Crippen MR) is 79.0 cm³/mol. The summed E-state index contributed by atoms with van der Waals surface area (Å²) in [7, 11) is -2.60. The van der Waals surface area contributed by atoms with Crippen LogP contribution in [0.1, 0.15) is 23.7 Å². The smallest absolute Gasteiger partial charge is 0.337 e. The Bertz CT molecular complexity index is 654. The molecule has 6 nitrogen and oxygen atoms in total. The maximum absolute atomic E-state index is 12.5. The van der Waals surface area contributed by atoms with Crippen LogP contribution in [0.4, 0.5) is 0 Å². The Morgan fingerprint density at radius 3 is 2.76 bits per heavy atom. The molecule has 0 aliphatic carbocycles. The third-order valence-corrected chi connectivity index (χ3v) is 5.51. The number of rotatable bonds is 4. The van der Waals surface area contributed by atoms with Gasteiger partial charge in [0.25, 0.3) is 0 Å². The lowest BCUT2D eigenvalue weighted by Gasteiger charge is -2.24. The first-order valence-electron chi connectivity index (χ1n) is 6.40. The highest BCUT2D eigenvalue weighted by molar-refractivity contribution is 7.89. The van der Waals surface area contributed by atoms with E-state index in [0.717, 1.165) is 6.54 Å². The summed E-state index contributed by atoms with van der Waals surface area (Å²) in [6, 6.07) is 4.02. The maximum atomic E-state index is 12.5. The Morgan fingerprint density at radius 1 is 1.48 bits per heavy atom. The van der Waals surface area contributed by atoms with Crippen molar-refractivity contribution in [3.8, 4) is 0 Å². The van der Waals surface area contributed by atoms with Gasteiger partial charge < -0.3 is 10.1 Å². The largest absolute Gasteiger partial charge is 0.465 e. The first-order valence-corrected chi connectivity index (χ1v) is 8.26. The Balaban J connectivity index is 2.37. The summed E-state index contributed by atoms with van der Waals surface area (Å²) in [5, 5.41) is 3.17. The van der Waals surface area contributed by atoms with Crippen molar-refractivity contribution in [2.75, 3.05) is 20.2 Å². The summed E-state index contributed by atoms with van der Waals surface area (Å²) in [4.78, 5) is 11.4. The van der Waals surface area contributed by atoms with Crippen LogP contribution in [0.15, 0.2) is 23.1 Å². The van der Waals surface area contributed by atoms with Gasteiger partial charge in [-0.2, -0.15) is 0 Å². The highest BCUT2D eigenvalue weighted by Gasteiger charge is 2.34. The third-order valence-electron chi connectivity index (χ3n) is 3.39. The maximum Gasteiger partial charge on any atom is 0.337 e. The number of ether oxygens (including phenoxy) is 1. The fourth-order valence-electron chi connectivity index (χ4n) is 2.24. The van der Waals surface area contributed by atoms with E-state index in [1.165, 1.54) is 25.3 Å². The second-order valence-electron chi connectivity index (χ2n) is 5.23. The topological polar surface area (TPSA) is 84.5 Å². The number of carbonyl (C=O) groups excluding carboxylic acids is 1. The van der Waals surface area contributed by atoms with Gasteiger partial charge in [-0.15, -0.1) is 0 Å². The van der Waals surface area contributed by atoms with E-state index < -0.39 is 21.5 Å². The molecule has 2 N–H and O–H groups in total. The number of methoxy groups -OCH3 is 1. The first-order chi connectivity index (χ1) is 9.77. The van der Waals surface area contributed by atoms with Gasteiger partial charge in [0.05, 0.1) is 17.7 Å². The van der Waals surface area contributed by atoms with Crippen molar-refractivity contribution in [1.29, 1.82) is 0 Å². The molecule has 0 amide bonds. The van der Waals surface area contributed by atoms with Crippen LogP contribution in [0.3, 0.4) is 0 Å².